The summed E-state index contributed by atoms with van der Waals surface area (Å²) in [6.45, 7) is 0.0284. The van der Waals surface area contributed by atoms with Crippen LogP contribution in [0.5, 0.6) is 5.75 Å². The van der Waals surface area contributed by atoms with Gasteiger partial charge >= 0.3 is 5.69 Å². The van der Waals surface area contributed by atoms with Crippen molar-refractivity contribution in [2.45, 2.75) is 6.61 Å². The van der Waals surface area contributed by atoms with Crippen LogP contribution < -0.4 is 4.74 Å². The molecule has 2 aromatic rings. The second-order valence-electron chi connectivity index (χ2n) is 4.13. The van der Waals surface area contributed by atoms with Crippen LogP contribution in [0.4, 0.5) is 5.69 Å². The zero-order chi connectivity index (χ0) is 15.4. The van der Waals surface area contributed by atoms with E-state index in [1.165, 1.54) is 12.1 Å². The van der Waals surface area contributed by atoms with E-state index in [1.54, 1.807) is 18.2 Å². The minimum Gasteiger partial charge on any atom is -0.482 e. The number of nitro benzene ring substituents is 1. The summed E-state index contributed by atoms with van der Waals surface area (Å²) in [5, 5.41) is 11.9. The molecule has 0 saturated carbocycles. The molecule has 21 heavy (non-hydrogen) atoms. The Kier molecular flexibility index (Phi) is 4.77. The predicted octanol–water partition coefficient (Wildman–Crippen LogP) is 4.29. The predicted molar refractivity (Wildman–Crippen MR) is 79.3 cm³/mol. The first-order chi connectivity index (χ1) is 10.0. The number of aldehydes is 1. The SMILES string of the molecule is O=Cc1ccc(OCc2cc(Cl)ccc2Cl)c([N+](=O)[O-])c1. The molecule has 5 nitrogen and oxygen atoms in total. The van der Waals surface area contributed by atoms with Crippen LogP contribution >= 0.6 is 23.2 Å². The Morgan fingerprint density at radius 2 is 1.95 bits per heavy atom. The number of benzene rings is 2. The van der Waals surface area contributed by atoms with Gasteiger partial charge in [0, 0.05) is 27.2 Å². The number of ether oxygens (including phenoxy) is 1. The third kappa shape index (κ3) is 3.71. The van der Waals surface area contributed by atoms with Crippen LogP contribution in [-0.4, -0.2) is 11.2 Å². The molecule has 0 aromatic heterocycles. The van der Waals surface area contributed by atoms with E-state index in [0.29, 0.717) is 21.9 Å². The Labute approximate surface area is 130 Å². The lowest BCUT2D eigenvalue weighted by molar-refractivity contribution is -0.386. The summed E-state index contributed by atoms with van der Waals surface area (Å²) in [6, 6.07) is 8.84. The number of carbonyl (C=O) groups is 1. The fraction of sp³-hybridized carbons (Fsp3) is 0.0714. The maximum Gasteiger partial charge on any atom is 0.311 e. The van der Waals surface area contributed by atoms with Crippen LogP contribution in [0.15, 0.2) is 36.4 Å². The normalized spacial score (nSPS) is 10.2. The second-order valence-corrected chi connectivity index (χ2v) is 4.97. The zero-order valence-corrected chi connectivity index (χ0v) is 12.1. The molecule has 0 aliphatic carbocycles. The largest absolute Gasteiger partial charge is 0.482 e. The molecule has 0 N–H and O–H groups in total. The first-order valence-corrected chi connectivity index (χ1v) is 6.57. The van der Waals surface area contributed by atoms with Crippen LogP contribution in [0.1, 0.15) is 15.9 Å². The molecule has 0 bridgehead atoms. The summed E-state index contributed by atoms with van der Waals surface area (Å²) < 4.78 is 5.42. The van der Waals surface area contributed by atoms with Crippen molar-refractivity contribution < 1.29 is 14.5 Å². The lowest BCUT2D eigenvalue weighted by Crippen LogP contribution is -2.00. The fourth-order valence-corrected chi connectivity index (χ4v) is 2.05. The van der Waals surface area contributed by atoms with Gasteiger partial charge in [-0.25, -0.2) is 0 Å². The van der Waals surface area contributed by atoms with Crippen molar-refractivity contribution in [1.82, 2.24) is 0 Å². The van der Waals surface area contributed by atoms with E-state index in [4.69, 9.17) is 27.9 Å². The van der Waals surface area contributed by atoms with Gasteiger partial charge in [-0.05, 0) is 30.3 Å². The third-order valence-electron chi connectivity index (χ3n) is 2.71. The molecule has 0 atom stereocenters. The topological polar surface area (TPSA) is 69.4 Å². The third-order valence-corrected chi connectivity index (χ3v) is 3.31. The van der Waals surface area contributed by atoms with Gasteiger partial charge in [-0.3, -0.25) is 14.9 Å². The molecule has 7 heteroatoms. The first-order valence-electron chi connectivity index (χ1n) is 5.81. The van der Waals surface area contributed by atoms with E-state index in [1.807, 2.05) is 0 Å². The quantitative estimate of drug-likeness (QED) is 0.467. The summed E-state index contributed by atoms with van der Waals surface area (Å²) in [4.78, 5) is 21.0. The summed E-state index contributed by atoms with van der Waals surface area (Å²) in [5.74, 6) is 0.0571. The van der Waals surface area contributed by atoms with Crippen molar-refractivity contribution in [2.24, 2.45) is 0 Å². The lowest BCUT2D eigenvalue weighted by Gasteiger charge is -2.09. The molecule has 0 amide bonds. The molecule has 0 unspecified atom stereocenters. The average molecular weight is 326 g/mol. The van der Waals surface area contributed by atoms with Gasteiger partial charge in [0.25, 0.3) is 0 Å². The summed E-state index contributed by atoms with van der Waals surface area (Å²) >= 11 is 11.9. The average Bonchev–Trinajstić information content (AvgIpc) is 2.48. The molecular formula is C14H9Cl2NO4. The molecule has 0 saturated heterocycles. The van der Waals surface area contributed by atoms with Crippen LogP contribution in [0.3, 0.4) is 0 Å². The highest BCUT2D eigenvalue weighted by Crippen LogP contribution is 2.29. The number of nitrogens with zero attached hydrogens (tertiary/aromatic N) is 1. The molecule has 108 valence electrons. The number of nitro groups is 1. The highest BCUT2D eigenvalue weighted by molar-refractivity contribution is 6.33. The molecule has 2 rings (SSSR count). The van der Waals surface area contributed by atoms with E-state index in [2.05, 4.69) is 0 Å². The molecule has 2 aromatic carbocycles. The molecule has 0 aliphatic heterocycles. The smallest absolute Gasteiger partial charge is 0.311 e. The maximum absolute atomic E-state index is 11.0. The second kappa shape index (κ2) is 6.56. The summed E-state index contributed by atoms with van der Waals surface area (Å²) in [5.41, 5.74) is 0.533. The Bertz CT molecular complexity index is 703. The van der Waals surface area contributed by atoms with E-state index >= 15 is 0 Å². The Hall–Kier alpha value is -2.11. The van der Waals surface area contributed by atoms with Crippen molar-refractivity contribution in [2.75, 3.05) is 0 Å². The molecule has 0 fully saturated rings. The highest BCUT2D eigenvalue weighted by Gasteiger charge is 2.16. The van der Waals surface area contributed by atoms with Gasteiger partial charge in [-0.15, -0.1) is 0 Å². The number of rotatable bonds is 5. The van der Waals surface area contributed by atoms with Gasteiger partial charge in [0.2, 0.25) is 0 Å². The van der Waals surface area contributed by atoms with Gasteiger partial charge < -0.3 is 4.74 Å². The van der Waals surface area contributed by atoms with Crippen molar-refractivity contribution in [1.29, 1.82) is 0 Å². The number of hydrogen-bond acceptors (Lipinski definition) is 4. The molecule has 0 heterocycles. The minimum absolute atomic E-state index is 0.0284. The monoisotopic (exact) mass is 325 g/mol. The van der Waals surface area contributed by atoms with E-state index in [0.717, 1.165) is 6.07 Å². The van der Waals surface area contributed by atoms with E-state index in [-0.39, 0.29) is 23.6 Å². The number of hydrogen-bond donors (Lipinski definition) is 0. The zero-order valence-electron chi connectivity index (χ0n) is 10.6. The Morgan fingerprint density at radius 3 is 2.62 bits per heavy atom. The molecule has 0 aliphatic rings. The van der Waals surface area contributed by atoms with Crippen LogP contribution in [0.25, 0.3) is 0 Å². The Balaban J connectivity index is 2.25. The molecule has 0 radical (unpaired) electrons. The first kappa shape index (κ1) is 15.3. The van der Waals surface area contributed by atoms with Crippen molar-refractivity contribution in [3.63, 3.8) is 0 Å². The lowest BCUT2D eigenvalue weighted by atomic mass is 10.2. The van der Waals surface area contributed by atoms with Crippen molar-refractivity contribution in [3.05, 3.63) is 67.7 Å². The van der Waals surface area contributed by atoms with Crippen molar-refractivity contribution >= 4 is 35.2 Å². The number of halogens is 2. The van der Waals surface area contributed by atoms with Gasteiger partial charge in [0.15, 0.2) is 5.75 Å². The number of carbonyl (C=O) groups excluding carboxylic acids is 1. The standard InChI is InChI=1S/C14H9Cl2NO4/c15-11-2-3-12(16)10(6-11)8-21-14-4-1-9(7-18)5-13(14)17(19)20/h1-7H,8H2. The van der Waals surface area contributed by atoms with E-state index < -0.39 is 4.92 Å². The van der Waals surface area contributed by atoms with Gasteiger partial charge in [-0.2, -0.15) is 0 Å². The molecule has 0 spiro atoms. The van der Waals surface area contributed by atoms with Crippen LogP contribution in [0, 0.1) is 10.1 Å². The van der Waals surface area contributed by atoms with Gasteiger partial charge in [-0.1, -0.05) is 23.2 Å². The van der Waals surface area contributed by atoms with Gasteiger partial charge in [0.05, 0.1) is 4.92 Å². The van der Waals surface area contributed by atoms with E-state index in [9.17, 15) is 14.9 Å². The van der Waals surface area contributed by atoms with Crippen molar-refractivity contribution in [3.8, 4) is 5.75 Å². The summed E-state index contributed by atoms with van der Waals surface area (Å²) in [6.07, 6.45) is 0.532. The van der Waals surface area contributed by atoms with Gasteiger partial charge in [0.1, 0.15) is 12.9 Å². The maximum atomic E-state index is 11.0. The summed E-state index contributed by atoms with van der Waals surface area (Å²) in [7, 11) is 0. The van der Waals surface area contributed by atoms with Crippen LogP contribution in [0.2, 0.25) is 10.0 Å². The molecular weight excluding hydrogens is 317 g/mol. The Morgan fingerprint density at radius 1 is 1.19 bits per heavy atom. The fourth-order valence-electron chi connectivity index (χ4n) is 1.68. The van der Waals surface area contributed by atoms with Crippen LogP contribution in [-0.2, 0) is 6.61 Å². The highest BCUT2D eigenvalue weighted by atomic mass is 35.5. The minimum atomic E-state index is -0.609.